The van der Waals surface area contributed by atoms with E-state index in [9.17, 15) is 4.79 Å². The molecule has 0 aliphatic carbocycles. The van der Waals surface area contributed by atoms with Crippen molar-refractivity contribution in [2.24, 2.45) is 0 Å². The minimum atomic E-state index is 0.0492. The Morgan fingerprint density at radius 2 is 1.67 bits per heavy atom. The molecule has 1 heterocycles. The molecule has 0 saturated carbocycles. The van der Waals surface area contributed by atoms with E-state index >= 15 is 0 Å². The second-order valence-corrected chi connectivity index (χ2v) is 9.68. The van der Waals surface area contributed by atoms with Gasteiger partial charge >= 0.3 is 0 Å². The molecule has 1 aromatic heterocycles. The summed E-state index contributed by atoms with van der Waals surface area (Å²) in [6.07, 6.45) is 4.26. The first-order chi connectivity index (χ1) is 19.2. The Kier molecular flexibility index (Phi) is 8.74. The summed E-state index contributed by atoms with van der Waals surface area (Å²) in [5, 5.41) is 5.35. The van der Waals surface area contributed by atoms with Gasteiger partial charge in [0.15, 0.2) is 0 Å². The molecule has 6 nitrogen and oxygen atoms in total. The molecule has 0 bridgehead atoms. The van der Waals surface area contributed by atoms with Gasteiger partial charge < -0.3 is 19.4 Å². The lowest BCUT2D eigenvalue weighted by atomic mass is 10.1. The first-order valence-electron chi connectivity index (χ1n) is 13.7. The van der Waals surface area contributed by atoms with Gasteiger partial charge in [0.25, 0.3) is 0 Å². The Morgan fingerprint density at radius 1 is 0.872 bits per heavy atom. The normalized spacial score (nSPS) is 11.1. The molecule has 0 radical (unpaired) electrons. The number of hydrogen-bond acceptors (Lipinski definition) is 4. The third-order valence-electron chi connectivity index (χ3n) is 6.98. The van der Waals surface area contributed by atoms with Crippen LogP contribution < -0.4 is 14.8 Å². The number of fused-ring (bicyclic) bond motifs is 2. The molecule has 39 heavy (non-hydrogen) atoms. The standard InChI is InChI=1S/C33H35N3O3/c1-38-27-19-17-25(18-20-27)24-33(37)34-21-8-2-3-16-32-35-29-13-6-7-14-30(29)36(32)22-23-39-31-15-9-11-26-10-4-5-12-28(26)31/h4-7,9-15,17-20H,2-3,8,16,21-24H2,1H3,(H,34,37). The van der Waals surface area contributed by atoms with E-state index in [4.69, 9.17) is 14.5 Å². The number of hydrogen-bond donors (Lipinski definition) is 1. The molecular weight excluding hydrogens is 486 g/mol. The molecule has 6 heteroatoms. The van der Waals surface area contributed by atoms with Gasteiger partial charge in [0.2, 0.25) is 5.91 Å². The molecule has 0 unspecified atom stereocenters. The Bertz CT molecular complexity index is 1520. The van der Waals surface area contributed by atoms with E-state index in [1.165, 1.54) is 5.39 Å². The van der Waals surface area contributed by atoms with Crippen molar-refractivity contribution >= 4 is 27.7 Å². The maximum Gasteiger partial charge on any atom is 0.224 e. The summed E-state index contributed by atoms with van der Waals surface area (Å²) >= 11 is 0. The van der Waals surface area contributed by atoms with Crippen molar-refractivity contribution in [1.29, 1.82) is 0 Å². The van der Waals surface area contributed by atoms with Crippen LogP contribution in [0.15, 0.2) is 91.0 Å². The van der Waals surface area contributed by atoms with E-state index < -0.39 is 0 Å². The molecule has 1 N–H and O–H groups in total. The van der Waals surface area contributed by atoms with Gasteiger partial charge in [0, 0.05) is 18.4 Å². The number of carbonyl (C=O) groups excluding carboxylic acids is 1. The van der Waals surface area contributed by atoms with Crippen molar-refractivity contribution in [2.75, 3.05) is 20.3 Å². The summed E-state index contributed by atoms with van der Waals surface area (Å²) in [5.41, 5.74) is 3.14. The van der Waals surface area contributed by atoms with Gasteiger partial charge in [-0.3, -0.25) is 4.79 Å². The number of amides is 1. The second kappa shape index (κ2) is 13.0. The maximum absolute atomic E-state index is 12.3. The van der Waals surface area contributed by atoms with Gasteiger partial charge in [0.1, 0.15) is 23.9 Å². The smallest absolute Gasteiger partial charge is 0.224 e. The molecule has 5 aromatic rings. The van der Waals surface area contributed by atoms with Crippen LogP contribution in [-0.4, -0.2) is 35.7 Å². The molecular formula is C33H35N3O3. The fourth-order valence-corrected chi connectivity index (χ4v) is 4.94. The van der Waals surface area contributed by atoms with Gasteiger partial charge in [-0.2, -0.15) is 0 Å². The number of unbranched alkanes of at least 4 members (excludes halogenated alkanes) is 2. The molecule has 0 fully saturated rings. The first-order valence-corrected chi connectivity index (χ1v) is 13.7. The molecule has 0 saturated heterocycles. The van der Waals surface area contributed by atoms with E-state index in [2.05, 4.69) is 46.3 Å². The van der Waals surface area contributed by atoms with Crippen molar-refractivity contribution in [2.45, 2.75) is 38.6 Å². The number of nitrogens with zero attached hydrogens (tertiary/aromatic N) is 2. The molecule has 0 atom stereocenters. The zero-order valence-corrected chi connectivity index (χ0v) is 22.4. The molecule has 200 valence electrons. The monoisotopic (exact) mass is 521 g/mol. The molecule has 0 aliphatic rings. The highest BCUT2D eigenvalue weighted by molar-refractivity contribution is 5.88. The lowest BCUT2D eigenvalue weighted by molar-refractivity contribution is -0.120. The summed E-state index contributed by atoms with van der Waals surface area (Å²) in [6, 6.07) is 30.4. The number of aryl methyl sites for hydroxylation is 1. The summed E-state index contributed by atoms with van der Waals surface area (Å²) in [4.78, 5) is 17.2. The molecule has 0 aliphatic heterocycles. The van der Waals surface area contributed by atoms with Crippen LogP contribution in [0, 0.1) is 0 Å². The highest BCUT2D eigenvalue weighted by atomic mass is 16.5. The summed E-state index contributed by atoms with van der Waals surface area (Å²) < 4.78 is 13.7. The van der Waals surface area contributed by atoms with E-state index in [1.807, 2.05) is 54.6 Å². The first kappa shape index (κ1) is 26.3. The number of rotatable bonds is 13. The van der Waals surface area contributed by atoms with Crippen LogP contribution in [0.4, 0.5) is 0 Å². The van der Waals surface area contributed by atoms with Gasteiger partial charge in [-0.1, -0.05) is 67.1 Å². The van der Waals surface area contributed by atoms with Crippen LogP contribution in [0.5, 0.6) is 11.5 Å². The summed E-state index contributed by atoms with van der Waals surface area (Å²) in [6.45, 7) is 1.99. The number of aromatic nitrogens is 2. The number of benzene rings is 4. The number of para-hydroxylation sites is 2. The number of nitrogens with one attached hydrogen (secondary N) is 1. The van der Waals surface area contributed by atoms with E-state index in [1.54, 1.807) is 7.11 Å². The molecule has 5 rings (SSSR count). The Morgan fingerprint density at radius 3 is 2.54 bits per heavy atom. The SMILES string of the molecule is COc1ccc(CC(=O)NCCCCCc2nc3ccccc3n2CCOc2cccc3ccccc23)cc1. The fourth-order valence-electron chi connectivity index (χ4n) is 4.94. The van der Waals surface area contributed by atoms with E-state index in [-0.39, 0.29) is 5.91 Å². The number of methoxy groups -OCH3 is 1. The molecule has 0 spiro atoms. The van der Waals surface area contributed by atoms with Crippen LogP contribution >= 0.6 is 0 Å². The topological polar surface area (TPSA) is 65.4 Å². The minimum Gasteiger partial charge on any atom is -0.497 e. The predicted molar refractivity (Wildman–Crippen MR) is 156 cm³/mol. The minimum absolute atomic E-state index is 0.0492. The van der Waals surface area contributed by atoms with Crippen molar-refractivity contribution in [1.82, 2.24) is 14.9 Å². The summed E-state index contributed by atoms with van der Waals surface area (Å²) in [5.74, 6) is 2.84. The van der Waals surface area contributed by atoms with Crippen molar-refractivity contribution in [3.8, 4) is 11.5 Å². The average molecular weight is 522 g/mol. The van der Waals surface area contributed by atoms with Gasteiger partial charge in [-0.15, -0.1) is 0 Å². The van der Waals surface area contributed by atoms with Gasteiger partial charge in [0.05, 0.1) is 31.1 Å². The highest BCUT2D eigenvalue weighted by Crippen LogP contribution is 2.25. The van der Waals surface area contributed by atoms with Crippen molar-refractivity contribution in [3.05, 3.63) is 102 Å². The van der Waals surface area contributed by atoms with Gasteiger partial charge in [-0.05, 0) is 54.1 Å². The maximum atomic E-state index is 12.3. The second-order valence-electron chi connectivity index (χ2n) is 9.68. The number of imidazole rings is 1. The van der Waals surface area contributed by atoms with E-state index in [0.29, 0.717) is 19.6 Å². The van der Waals surface area contributed by atoms with Crippen molar-refractivity contribution < 1.29 is 14.3 Å². The zero-order valence-electron chi connectivity index (χ0n) is 22.4. The van der Waals surface area contributed by atoms with Crippen LogP contribution in [-0.2, 0) is 24.2 Å². The molecule has 1 amide bonds. The van der Waals surface area contributed by atoms with Crippen molar-refractivity contribution in [3.63, 3.8) is 0 Å². The van der Waals surface area contributed by atoms with Crippen LogP contribution in [0.2, 0.25) is 0 Å². The molecule has 4 aromatic carbocycles. The Balaban J connectivity index is 1.10. The van der Waals surface area contributed by atoms with Gasteiger partial charge in [-0.25, -0.2) is 4.98 Å². The number of ether oxygens (including phenoxy) is 2. The highest BCUT2D eigenvalue weighted by Gasteiger charge is 2.11. The number of carbonyl (C=O) groups is 1. The van der Waals surface area contributed by atoms with Crippen LogP contribution in [0.3, 0.4) is 0 Å². The average Bonchev–Trinajstić information content (AvgIpc) is 3.32. The summed E-state index contributed by atoms with van der Waals surface area (Å²) in [7, 11) is 1.64. The zero-order chi connectivity index (χ0) is 26.9. The Labute approximate surface area is 229 Å². The van der Waals surface area contributed by atoms with E-state index in [0.717, 1.165) is 71.5 Å². The lowest BCUT2D eigenvalue weighted by Gasteiger charge is -2.12. The van der Waals surface area contributed by atoms with Crippen LogP contribution in [0.25, 0.3) is 21.8 Å². The predicted octanol–water partition coefficient (Wildman–Crippen LogP) is 6.35. The third kappa shape index (κ3) is 6.77. The fraction of sp³-hybridized carbons (Fsp3) is 0.273. The Hall–Kier alpha value is -4.32. The van der Waals surface area contributed by atoms with Crippen LogP contribution in [0.1, 0.15) is 30.7 Å². The largest absolute Gasteiger partial charge is 0.497 e. The lowest BCUT2D eigenvalue weighted by Crippen LogP contribution is -2.26. The quantitative estimate of drug-likeness (QED) is 0.183. The third-order valence-corrected chi connectivity index (χ3v) is 6.98.